The summed E-state index contributed by atoms with van der Waals surface area (Å²) >= 11 is 0. The fourth-order valence-corrected chi connectivity index (χ4v) is 2.73. The van der Waals surface area contributed by atoms with Crippen molar-refractivity contribution in [2.75, 3.05) is 0 Å². The quantitative estimate of drug-likeness (QED) is 0.652. The van der Waals surface area contributed by atoms with Crippen LogP contribution < -0.4 is 5.43 Å². The second-order valence-corrected chi connectivity index (χ2v) is 10.1. The van der Waals surface area contributed by atoms with Crippen LogP contribution in [0.3, 0.4) is 0 Å². The minimum atomic E-state index is -0.464. The summed E-state index contributed by atoms with van der Waals surface area (Å²) in [6.07, 6.45) is 2.56. The van der Waals surface area contributed by atoms with Crippen molar-refractivity contribution >= 4 is 12.1 Å². The first-order chi connectivity index (χ1) is 11.1. The molecule has 0 saturated heterocycles. The first-order valence-corrected chi connectivity index (χ1v) is 8.70. The highest BCUT2D eigenvalue weighted by Crippen LogP contribution is 2.33. The number of carbonyl (C=O) groups is 1. The molecule has 0 aliphatic carbocycles. The number of nitrogens with zero attached hydrogens (tertiary/aromatic N) is 5. The zero-order valence-corrected chi connectivity index (χ0v) is 17.4. The molecule has 1 N–H and O–H groups in total. The van der Waals surface area contributed by atoms with Crippen molar-refractivity contribution in [1.29, 1.82) is 0 Å². The highest BCUT2D eigenvalue weighted by molar-refractivity contribution is 5.82. The van der Waals surface area contributed by atoms with E-state index in [9.17, 15) is 4.79 Å². The van der Waals surface area contributed by atoms with Crippen LogP contribution in [0.2, 0.25) is 0 Å². The molecule has 0 aliphatic rings. The molecule has 0 aliphatic heterocycles. The maximum absolute atomic E-state index is 11.9. The van der Waals surface area contributed by atoms with E-state index in [0.29, 0.717) is 0 Å². The van der Waals surface area contributed by atoms with Crippen molar-refractivity contribution in [2.24, 2.45) is 15.9 Å². The Kier molecular flexibility index (Phi) is 5.82. The van der Waals surface area contributed by atoms with Gasteiger partial charge in [-0.1, -0.05) is 55.4 Å². The van der Waals surface area contributed by atoms with Gasteiger partial charge in [0.15, 0.2) is 5.82 Å². The Balaban J connectivity index is 2.92. The van der Waals surface area contributed by atoms with E-state index >= 15 is 0 Å². The molecule has 0 aromatic carbocycles. The number of carbonyl (C=O) groups excluding carboxylic acids is 1. The van der Waals surface area contributed by atoms with E-state index in [1.807, 2.05) is 25.5 Å². The Labute approximate surface area is 151 Å². The molecular weight excluding hydrogens is 316 g/mol. The summed E-state index contributed by atoms with van der Waals surface area (Å²) in [5.74, 6) is 0.751. The summed E-state index contributed by atoms with van der Waals surface area (Å²) in [4.78, 5) is 11.9. The summed E-state index contributed by atoms with van der Waals surface area (Å²) in [5.41, 5.74) is 1.48. The van der Waals surface area contributed by atoms with Gasteiger partial charge in [0, 0.05) is 22.5 Å². The third-order valence-electron chi connectivity index (χ3n) is 3.86. The molecule has 1 aromatic heterocycles. The SMILES string of the molecule is CC(C)(/C=N/NC(=O)C(C)(C)C)CC(C)(C)n1nnnc1C(C)(C)C. The second-order valence-electron chi connectivity index (χ2n) is 10.1. The van der Waals surface area contributed by atoms with Crippen molar-refractivity contribution in [1.82, 2.24) is 25.6 Å². The molecule has 0 radical (unpaired) electrons. The van der Waals surface area contributed by atoms with Gasteiger partial charge in [0.05, 0.1) is 5.54 Å². The fourth-order valence-electron chi connectivity index (χ4n) is 2.73. The van der Waals surface area contributed by atoms with Crippen LogP contribution in [0.1, 0.15) is 81.5 Å². The van der Waals surface area contributed by atoms with Crippen LogP contribution in [-0.2, 0) is 15.7 Å². The summed E-state index contributed by atoms with van der Waals surface area (Å²) < 4.78 is 1.90. The van der Waals surface area contributed by atoms with E-state index in [2.05, 4.69) is 74.5 Å². The Morgan fingerprint density at radius 3 is 2.12 bits per heavy atom. The van der Waals surface area contributed by atoms with E-state index in [-0.39, 0.29) is 22.3 Å². The normalized spacial score (nSPS) is 14.2. The smallest absolute Gasteiger partial charge is 0.245 e. The second kappa shape index (κ2) is 6.84. The minimum Gasteiger partial charge on any atom is -0.273 e. The number of hydrogen-bond donors (Lipinski definition) is 1. The van der Waals surface area contributed by atoms with Crippen molar-refractivity contribution in [3.8, 4) is 0 Å². The predicted molar refractivity (Wildman–Crippen MR) is 100 cm³/mol. The van der Waals surface area contributed by atoms with Gasteiger partial charge in [-0.15, -0.1) is 5.10 Å². The number of hydrazone groups is 1. The summed E-state index contributed by atoms with van der Waals surface area (Å²) in [6.45, 7) is 20.3. The summed E-state index contributed by atoms with van der Waals surface area (Å²) in [7, 11) is 0. The standard InChI is InChI=1S/C18H34N6O/c1-15(2,3)13-20-22-23-24(13)18(9,10)11-17(7,8)12-19-21-14(25)16(4,5)6/h12H,11H2,1-10H3,(H,21,25)/b19-12+. The lowest BCUT2D eigenvalue weighted by molar-refractivity contribution is -0.128. The molecule has 1 amide bonds. The number of aromatic nitrogens is 4. The maximum Gasteiger partial charge on any atom is 0.245 e. The fraction of sp³-hybridized carbons (Fsp3) is 0.833. The largest absolute Gasteiger partial charge is 0.273 e. The van der Waals surface area contributed by atoms with Gasteiger partial charge < -0.3 is 0 Å². The van der Waals surface area contributed by atoms with Crippen LogP contribution in [0, 0.1) is 10.8 Å². The highest BCUT2D eigenvalue weighted by Gasteiger charge is 2.35. The van der Waals surface area contributed by atoms with E-state index in [1.165, 1.54) is 0 Å². The highest BCUT2D eigenvalue weighted by atomic mass is 16.2. The van der Waals surface area contributed by atoms with E-state index in [0.717, 1.165) is 12.2 Å². The van der Waals surface area contributed by atoms with Gasteiger partial charge in [-0.05, 0) is 30.7 Å². The maximum atomic E-state index is 11.9. The minimum absolute atomic E-state index is 0.102. The number of nitrogens with one attached hydrogen (secondary N) is 1. The average molecular weight is 351 g/mol. The molecule has 25 heavy (non-hydrogen) atoms. The van der Waals surface area contributed by atoms with Crippen molar-refractivity contribution in [3.05, 3.63) is 5.82 Å². The first kappa shape index (κ1) is 21.3. The van der Waals surface area contributed by atoms with Crippen molar-refractivity contribution in [3.63, 3.8) is 0 Å². The zero-order chi connectivity index (χ0) is 19.7. The number of rotatable bonds is 5. The van der Waals surface area contributed by atoms with Crippen molar-refractivity contribution in [2.45, 2.75) is 86.6 Å². The Hall–Kier alpha value is -1.79. The molecule has 0 bridgehead atoms. The van der Waals surface area contributed by atoms with E-state index in [4.69, 9.17) is 0 Å². The molecule has 0 atom stereocenters. The molecule has 0 saturated carbocycles. The molecule has 0 unspecified atom stereocenters. The third-order valence-corrected chi connectivity index (χ3v) is 3.86. The van der Waals surface area contributed by atoms with Gasteiger partial charge in [0.1, 0.15) is 0 Å². The molecule has 7 nitrogen and oxygen atoms in total. The Morgan fingerprint density at radius 2 is 1.64 bits per heavy atom. The number of tetrazole rings is 1. The Bertz CT molecular complexity index is 629. The lowest BCUT2D eigenvalue weighted by atomic mass is 9.80. The molecule has 142 valence electrons. The molecular formula is C18H34N6O. The molecule has 1 aromatic rings. The van der Waals surface area contributed by atoms with Crippen LogP contribution in [0.5, 0.6) is 0 Å². The van der Waals surface area contributed by atoms with Crippen LogP contribution in [0.4, 0.5) is 0 Å². The van der Waals surface area contributed by atoms with Gasteiger partial charge in [-0.2, -0.15) is 5.10 Å². The molecule has 0 fully saturated rings. The molecule has 7 heteroatoms. The van der Waals surface area contributed by atoms with E-state index in [1.54, 1.807) is 6.21 Å². The molecule has 0 spiro atoms. The van der Waals surface area contributed by atoms with Gasteiger partial charge in [0.2, 0.25) is 5.91 Å². The molecule has 1 rings (SSSR count). The zero-order valence-electron chi connectivity index (χ0n) is 17.4. The van der Waals surface area contributed by atoms with Gasteiger partial charge in [-0.25, -0.2) is 10.1 Å². The predicted octanol–water partition coefficient (Wildman–Crippen LogP) is 3.27. The van der Waals surface area contributed by atoms with Crippen LogP contribution in [0.15, 0.2) is 5.10 Å². The van der Waals surface area contributed by atoms with Gasteiger partial charge in [-0.3, -0.25) is 4.79 Å². The molecule has 1 heterocycles. The van der Waals surface area contributed by atoms with Crippen molar-refractivity contribution < 1.29 is 4.79 Å². The lowest BCUT2D eigenvalue weighted by Crippen LogP contribution is -2.38. The topological polar surface area (TPSA) is 85.1 Å². The number of hydrogen-bond acceptors (Lipinski definition) is 5. The number of amides is 1. The lowest BCUT2D eigenvalue weighted by Gasteiger charge is -2.34. The first-order valence-electron chi connectivity index (χ1n) is 8.70. The van der Waals surface area contributed by atoms with Crippen LogP contribution in [-0.4, -0.2) is 32.3 Å². The Morgan fingerprint density at radius 1 is 1.08 bits per heavy atom. The summed E-state index contributed by atoms with van der Waals surface area (Å²) in [5, 5.41) is 16.5. The van der Waals surface area contributed by atoms with Gasteiger partial charge in [0.25, 0.3) is 0 Å². The monoisotopic (exact) mass is 350 g/mol. The third kappa shape index (κ3) is 5.90. The van der Waals surface area contributed by atoms with Gasteiger partial charge >= 0.3 is 0 Å². The average Bonchev–Trinajstić information content (AvgIpc) is 2.85. The summed E-state index contributed by atoms with van der Waals surface area (Å²) in [6, 6.07) is 0. The van der Waals surface area contributed by atoms with Crippen LogP contribution >= 0.6 is 0 Å². The van der Waals surface area contributed by atoms with E-state index < -0.39 is 5.41 Å². The van der Waals surface area contributed by atoms with Crippen LogP contribution in [0.25, 0.3) is 0 Å².